The van der Waals surface area contributed by atoms with E-state index in [4.69, 9.17) is 12.2 Å². The summed E-state index contributed by atoms with van der Waals surface area (Å²) in [5.74, 6) is 0. The quantitative estimate of drug-likeness (QED) is 0.739. The number of aromatic amines is 1. The van der Waals surface area contributed by atoms with E-state index in [1.807, 2.05) is 54.7 Å². The summed E-state index contributed by atoms with van der Waals surface area (Å²) in [5.41, 5.74) is 2.52. The Morgan fingerprint density at radius 1 is 1.30 bits per heavy atom. The van der Waals surface area contributed by atoms with Crippen LogP contribution in [0.2, 0.25) is 0 Å². The van der Waals surface area contributed by atoms with Gasteiger partial charge in [-0.05, 0) is 41.9 Å². The molecule has 0 unspecified atom stereocenters. The molecule has 0 aliphatic carbocycles. The third-order valence-electron chi connectivity index (χ3n) is 3.11. The van der Waals surface area contributed by atoms with E-state index in [9.17, 15) is 4.79 Å². The van der Waals surface area contributed by atoms with Crippen molar-refractivity contribution in [2.75, 3.05) is 19.0 Å². The predicted molar refractivity (Wildman–Crippen MR) is 86.9 cm³/mol. The van der Waals surface area contributed by atoms with E-state index in [-0.39, 0.29) is 5.56 Å². The Morgan fingerprint density at radius 2 is 2.10 bits per heavy atom. The highest BCUT2D eigenvalue weighted by molar-refractivity contribution is 7.71. The maximum Gasteiger partial charge on any atom is 0.276 e. The number of aromatic nitrogens is 2. The molecule has 0 amide bonds. The number of thiophene rings is 1. The van der Waals surface area contributed by atoms with Gasteiger partial charge in [-0.15, -0.1) is 11.3 Å². The van der Waals surface area contributed by atoms with E-state index >= 15 is 0 Å². The maximum absolute atomic E-state index is 12.6. The molecule has 0 radical (unpaired) electrons. The third-order valence-corrected chi connectivity index (χ3v) is 4.30. The number of rotatable bonds is 2. The number of benzene rings is 1. The van der Waals surface area contributed by atoms with Crippen LogP contribution in [0.1, 0.15) is 0 Å². The highest BCUT2D eigenvalue weighted by Gasteiger charge is 2.09. The molecule has 1 N–H and O–H groups in total. The molecule has 4 nitrogen and oxygen atoms in total. The molecule has 3 rings (SSSR count). The van der Waals surface area contributed by atoms with Gasteiger partial charge in [-0.25, -0.2) is 0 Å². The van der Waals surface area contributed by atoms with Crippen LogP contribution in [0.5, 0.6) is 0 Å². The number of nitrogens with zero attached hydrogens (tertiary/aromatic N) is 2. The van der Waals surface area contributed by atoms with Crippen LogP contribution in [0.15, 0.2) is 40.5 Å². The summed E-state index contributed by atoms with van der Waals surface area (Å²) in [6.07, 6.45) is 0. The summed E-state index contributed by atoms with van der Waals surface area (Å²) in [7, 11) is 3.93. The molecule has 102 valence electrons. The van der Waals surface area contributed by atoms with Crippen LogP contribution in [-0.2, 0) is 0 Å². The van der Waals surface area contributed by atoms with Crippen LogP contribution >= 0.6 is 23.6 Å². The lowest BCUT2D eigenvalue weighted by molar-refractivity contribution is 0.941. The van der Waals surface area contributed by atoms with E-state index in [1.165, 1.54) is 11.3 Å². The summed E-state index contributed by atoms with van der Waals surface area (Å²) >= 11 is 6.74. The Morgan fingerprint density at radius 3 is 2.85 bits per heavy atom. The molecular weight excluding hydrogens is 290 g/mol. The molecule has 2 heterocycles. The Bertz CT molecular complexity index is 889. The van der Waals surface area contributed by atoms with E-state index in [0.29, 0.717) is 9.47 Å². The Hall–Kier alpha value is -1.92. The van der Waals surface area contributed by atoms with Crippen LogP contribution in [0, 0.1) is 4.77 Å². The Labute approximate surface area is 124 Å². The number of anilines is 1. The van der Waals surface area contributed by atoms with Gasteiger partial charge in [0.15, 0.2) is 4.77 Å². The molecule has 0 bridgehead atoms. The maximum atomic E-state index is 12.6. The summed E-state index contributed by atoms with van der Waals surface area (Å²) in [4.78, 5) is 17.7. The minimum Gasteiger partial charge on any atom is -0.378 e. The minimum atomic E-state index is -0.0744. The molecular formula is C14H13N3OS2. The van der Waals surface area contributed by atoms with Gasteiger partial charge in [0.05, 0.1) is 11.2 Å². The van der Waals surface area contributed by atoms with Crippen molar-refractivity contribution < 1.29 is 0 Å². The third kappa shape index (κ3) is 2.07. The average molecular weight is 303 g/mol. The first-order valence-corrected chi connectivity index (χ1v) is 7.37. The van der Waals surface area contributed by atoms with Gasteiger partial charge in [0.25, 0.3) is 5.56 Å². The highest BCUT2D eigenvalue weighted by atomic mass is 32.1. The zero-order chi connectivity index (χ0) is 14.3. The summed E-state index contributed by atoms with van der Waals surface area (Å²) < 4.78 is 2.65. The van der Waals surface area contributed by atoms with Crippen molar-refractivity contribution in [1.82, 2.24) is 9.55 Å². The van der Waals surface area contributed by atoms with Crippen molar-refractivity contribution in [3.05, 3.63) is 50.8 Å². The number of fused-ring (bicyclic) bond motifs is 1. The van der Waals surface area contributed by atoms with Crippen molar-refractivity contribution >= 4 is 39.5 Å². The Balaban J connectivity index is 2.32. The monoisotopic (exact) mass is 303 g/mol. The molecule has 0 aliphatic heterocycles. The lowest BCUT2D eigenvalue weighted by Gasteiger charge is -2.14. The lowest BCUT2D eigenvalue weighted by atomic mass is 10.2. The van der Waals surface area contributed by atoms with Crippen molar-refractivity contribution in [2.45, 2.75) is 0 Å². The molecule has 0 saturated heterocycles. The summed E-state index contributed by atoms with van der Waals surface area (Å²) in [5, 5.41) is 1.89. The molecule has 6 heteroatoms. The molecule has 0 fully saturated rings. The summed E-state index contributed by atoms with van der Waals surface area (Å²) in [6, 6.07) is 9.62. The normalized spacial score (nSPS) is 10.9. The Kier molecular flexibility index (Phi) is 3.19. The second-order valence-electron chi connectivity index (χ2n) is 4.65. The van der Waals surface area contributed by atoms with Crippen LogP contribution in [0.3, 0.4) is 0 Å². The van der Waals surface area contributed by atoms with Gasteiger partial charge < -0.3 is 9.88 Å². The fourth-order valence-corrected chi connectivity index (χ4v) is 3.16. The van der Waals surface area contributed by atoms with Gasteiger partial charge in [0, 0.05) is 19.8 Å². The average Bonchev–Trinajstić information content (AvgIpc) is 2.87. The van der Waals surface area contributed by atoms with E-state index in [0.717, 1.165) is 16.9 Å². The smallest absolute Gasteiger partial charge is 0.276 e. The van der Waals surface area contributed by atoms with Gasteiger partial charge in [-0.3, -0.25) is 9.36 Å². The van der Waals surface area contributed by atoms with E-state index in [1.54, 1.807) is 4.57 Å². The van der Waals surface area contributed by atoms with Gasteiger partial charge in [0.1, 0.15) is 4.70 Å². The molecule has 2 aromatic heterocycles. The standard InChI is InChI=1S/C14H13N3OS2/c1-16(2)9-4-3-5-10(8-9)17-13(18)12-11(6-7-20-12)15-14(17)19/h3-8H,1-2H3,(H,15,19). The number of hydrogen-bond donors (Lipinski definition) is 1. The molecule has 1 aromatic carbocycles. The number of hydrogen-bond acceptors (Lipinski definition) is 4. The molecule has 0 atom stereocenters. The highest BCUT2D eigenvalue weighted by Crippen LogP contribution is 2.19. The molecule has 0 aliphatic rings. The van der Waals surface area contributed by atoms with Gasteiger partial charge in [-0.2, -0.15) is 0 Å². The SMILES string of the molecule is CN(C)c1cccc(-n2c(=S)[nH]c3ccsc3c2=O)c1. The van der Waals surface area contributed by atoms with Crippen LogP contribution in [-0.4, -0.2) is 23.6 Å². The number of nitrogens with one attached hydrogen (secondary N) is 1. The largest absolute Gasteiger partial charge is 0.378 e. The molecule has 0 spiro atoms. The van der Waals surface area contributed by atoms with Gasteiger partial charge >= 0.3 is 0 Å². The first-order chi connectivity index (χ1) is 9.58. The van der Waals surface area contributed by atoms with Crippen molar-refractivity contribution in [1.29, 1.82) is 0 Å². The topological polar surface area (TPSA) is 41.0 Å². The van der Waals surface area contributed by atoms with E-state index < -0.39 is 0 Å². The van der Waals surface area contributed by atoms with Crippen molar-refractivity contribution in [2.24, 2.45) is 0 Å². The molecule has 0 saturated carbocycles. The first-order valence-electron chi connectivity index (χ1n) is 6.08. The zero-order valence-electron chi connectivity index (χ0n) is 11.1. The minimum absolute atomic E-state index is 0.0744. The second-order valence-corrected chi connectivity index (χ2v) is 5.95. The first kappa shape index (κ1) is 13.1. The van der Waals surface area contributed by atoms with Crippen molar-refractivity contribution in [3.63, 3.8) is 0 Å². The van der Waals surface area contributed by atoms with Crippen molar-refractivity contribution in [3.8, 4) is 5.69 Å². The molecule has 3 aromatic rings. The fourth-order valence-electron chi connectivity index (χ4n) is 2.08. The van der Waals surface area contributed by atoms with Crippen LogP contribution in [0.25, 0.3) is 15.9 Å². The van der Waals surface area contributed by atoms with Crippen LogP contribution < -0.4 is 10.5 Å². The second kappa shape index (κ2) is 4.88. The summed E-state index contributed by atoms with van der Waals surface area (Å²) in [6.45, 7) is 0. The lowest BCUT2D eigenvalue weighted by Crippen LogP contribution is -2.20. The van der Waals surface area contributed by atoms with E-state index in [2.05, 4.69) is 4.98 Å². The van der Waals surface area contributed by atoms with Gasteiger partial charge in [0.2, 0.25) is 0 Å². The number of H-pyrrole nitrogens is 1. The molecule has 20 heavy (non-hydrogen) atoms. The fraction of sp³-hybridized carbons (Fsp3) is 0.143. The zero-order valence-corrected chi connectivity index (χ0v) is 12.7. The van der Waals surface area contributed by atoms with Gasteiger partial charge in [-0.1, -0.05) is 6.07 Å². The van der Waals surface area contributed by atoms with Crippen LogP contribution in [0.4, 0.5) is 5.69 Å². The predicted octanol–water partition coefficient (Wildman–Crippen LogP) is 3.18.